The summed E-state index contributed by atoms with van der Waals surface area (Å²) in [4.78, 5) is 42.0. The standard InChI is InChI=1S/C26H30N4O4/c1-17-4-6-20(7-5-17)15-29-24(28-25(32)30(26(29)33)14-18(2)19(3)31)27-22-10-12-23(13-11-22)34-16-21-8-9-21/h4-7,10-13,18,21H,8-9,14-16H2,1-3H3,(H,27,28,32)/t18-/m0/s1. The zero-order valence-electron chi connectivity index (χ0n) is 19.8. The lowest BCUT2D eigenvalue weighted by molar-refractivity contribution is -0.120. The Kier molecular flexibility index (Phi) is 6.95. The first-order chi connectivity index (χ1) is 16.3. The molecule has 8 nitrogen and oxygen atoms in total. The summed E-state index contributed by atoms with van der Waals surface area (Å²) in [5.74, 6) is 1.02. The van der Waals surface area contributed by atoms with Gasteiger partial charge in [-0.25, -0.2) is 14.2 Å². The topological polar surface area (TPSA) is 95.2 Å². The Hall–Kier alpha value is -3.68. The average Bonchev–Trinajstić information content (AvgIpc) is 3.64. The Bertz CT molecular complexity index is 1270. The van der Waals surface area contributed by atoms with Crippen LogP contribution >= 0.6 is 0 Å². The summed E-state index contributed by atoms with van der Waals surface area (Å²) >= 11 is 0. The first-order valence-electron chi connectivity index (χ1n) is 11.6. The predicted molar refractivity (Wildman–Crippen MR) is 131 cm³/mol. The molecular formula is C26H30N4O4. The second kappa shape index (κ2) is 10.1. The van der Waals surface area contributed by atoms with Crippen molar-refractivity contribution in [3.8, 4) is 5.75 Å². The zero-order chi connectivity index (χ0) is 24.2. The highest BCUT2D eigenvalue weighted by Crippen LogP contribution is 2.29. The number of aryl methyl sites for hydroxylation is 1. The van der Waals surface area contributed by atoms with Crippen LogP contribution in [0.5, 0.6) is 5.75 Å². The number of benzene rings is 2. The smallest absolute Gasteiger partial charge is 0.354 e. The summed E-state index contributed by atoms with van der Waals surface area (Å²) in [5, 5.41) is 3.11. The molecule has 0 aliphatic heterocycles. The van der Waals surface area contributed by atoms with Crippen LogP contribution in [0.2, 0.25) is 0 Å². The van der Waals surface area contributed by atoms with Gasteiger partial charge in [0.1, 0.15) is 11.5 Å². The van der Waals surface area contributed by atoms with Crippen molar-refractivity contribution in [2.24, 2.45) is 11.8 Å². The van der Waals surface area contributed by atoms with Gasteiger partial charge in [0.25, 0.3) is 0 Å². The molecule has 1 fully saturated rings. The number of ketones is 1. The Morgan fingerprint density at radius 2 is 1.76 bits per heavy atom. The molecule has 178 valence electrons. The molecule has 1 N–H and O–H groups in total. The van der Waals surface area contributed by atoms with E-state index in [-0.39, 0.29) is 24.8 Å². The first-order valence-corrected chi connectivity index (χ1v) is 11.6. The van der Waals surface area contributed by atoms with Gasteiger partial charge in [-0.3, -0.25) is 9.36 Å². The SMILES string of the molecule is CC(=O)[C@@H](C)Cn1c(=O)nc(Nc2ccc(OCC3CC3)cc2)n(Cc2ccc(C)cc2)c1=O. The van der Waals surface area contributed by atoms with Crippen molar-refractivity contribution >= 4 is 17.4 Å². The summed E-state index contributed by atoms with van der Waals surface area (Å²) in [5.41, 5.74) is 1.48. The number of hydrogen-bond donors (Lipinski definition) is 1. The maximum Gasteiger partial charge on any atom is 0.354 e. The number of carbonyl (C=O) groups is 1. The highest BCUT2D eigenvalue weighted by Gasteiger charge is 2.22. The molecule has 0 unspecified atom stereocenters. The third-order valence-corrected chi connectivity index (χ3v) is 6.05. The van der Waals surface area contributed by atoms with Gasteiger partial charge in [0, 0.05) is 18.2 Å². The van der Waals surface area contributed by atoms with E-state index in [9.17, 15) is 14.4 Å². The van der Waals surface area contributed by atoms with E-state index >= 15 is 0 Å². The molecule has 1 aliphatic carbocycles. The average molecular weight is 463 g/mol. The zero-order valence-corrected chi connectivity index (χ0v) is 19.8. The summed E-state index contributed by atoms with van der Waals surface area (Å²) in [6.07, 6.45) is 2.45. The van der Waals surface area contributed by atoms with Crippen molar-refractivity contribution in [1.29, 1.82) is 0 Å². The van der Waals surface area contributed by atoms with E-state index in [2.05, 4.69) is 10.3 Å². The van der Waals surface area contributed by atoms with Crippen LogP contribution in [0.25, 0.3) is 0 Å². The number of anilines is 2. The molecule has 0 radical (unpaired) electrons. The van der Waals surface area contributed by atoms with Gasteiger partial charge in [-0.15, -0.1) is 0 Å². The summed E-state index contributed by atoms with van der Waals surface area (Å²) in [6.45, 7) is 6.07. The number of rotatable bonds is 10. The molecular weight excluding hydrogens is 432 g/mol. The first kappa shape index (κ1) is 23.5. The summed E-state index contributed by atoms with van der Waals surface area (Å²) in [7, 11) is 0. The van der Waals surface area contributed by atoms with E-state index in [1.54, 1.807) is 6.92 Å². The lowest BCUT2D eigenvalue weighted by Gasteiger charge is -2.17. The normalized spacial score (nSPS) is 14.0. The van der Waals surface area contributed by atoms with Crippen LogP contribution in [0, 0.1) is 18.8 Å². The van der Waals surface area contributed by atoms with Crippen LogP contribution in [-0.4, -0.2) is 26.5 Å². The van der Waals surface area contributed by atoms with Gasteiger partial charge in [0.2, 0.25) is 5.95 Å². The maximum atomic E-state index is 13.4. The van der Waals surface area contributed by atoms with Crippen molar-refractivity contribution in [2.75, 3.05) is 11.9 Å². The van der Waals surface area contributed by atoms with Crippen LogP contribution in [0.3, 0.4) is 0 Å². The second-order valence-electron chi connectivity index (χ2n) is 9.10. The number of ether oxygens (including phenoxy) is 1. The van der Waals surface area contributed by atoms with Gasteiger partial charge in [-0.1, -0.05) is 36.8 Å². The van der Waals surface area contributed by atoms with Gasteiger partial charge in [0.15, 0.2) is 0 Å². The van der Waals surface area contributed by atoms with Gasteiger partial charge >= 0.3 is 11.4 Å². The Morgan fingerprint density at radius 1 is 1.09 bits per heavy atom. The molecule has 0 spiro atoms. The van der Waals surface area contributed by atoms with E-state index in [1.165, 1.54) is 24.3 Å². The molecule has 1 aromatic heterocycles. The maximum absolute atomic E-state index is 13.4. The number of aromatic nitrogens is 3. The summed E-state index contributed by atoms with van der Waals surface area (Å²) < 4.78 is 8.23. The van der Waals surface area contributed by atoms with Crippen LogP contribution in [-0.2, 0) is 17.9 Å². The molecule has 1 saturated carbocycles. The highest BCUT2D eigenvalue weighted by molar-refractivity contribution is 5.77. The van der Waals surface area contributed by atoms with Crippen LogP contribution in [0.1, 0.15) is 37.8 Å². The second-order valence-corrected chi connectivity index (χ2v) is 9.10. The fourth-order valence-electron chi connectivity index (χ4n) is 3.46. The van der Waals surface area contributed by atoms with Gasteiger partial charge in [-0.2, -0.15) is 4.98 Å². The molecule has 1 aliphatic rings. The van der Waals surface area contributed by atoms with E-state index in [0.29, 0.717) is 11.6 Å². The Balaban J connectivity index is 1.65. The highest BCUT2D eigenvalue weighted by atomic mass is 16.5. The minimum Gasteiger partial charge on any atom is -0.493 e. The predicted octanol–water partition coefficient (Wildman–Crippen LogP) is 3.52. The fraction of sp³-hybridized carbons (Fsp3) is 0.385. The van der Waals surface area contributed by atoms with E-state index in [0.717, 1.165) is 28.1 Å². The molecule has 8 heteroatoms. The van der Waals surface area contributed by atoms with Crippen LogP contribution < -0.4 is 21.4 Å². The van der Waals surface area contributed by atoms with E-state index in [1.807, 2.05) is 55.5 Å². The van der Waals surface area contributed by atoms with Gasteiger partial charge < -0.3 is 10.1 Å². The quantitative estimate of drug-likeness (QED) is 0.495. The Labute approximate surface area is 198 Å². The molecule has 4 rings (SSSR count). The number of hydrogen-bond acceptors (Lipinski definition) is 6. The van der Waals surface area contributed by atoms with Gasteiger partial charge in [-0.05, 0) is 62.4 Å². The lowest BCUT2D eigenvalue weighted by Crippen LogP contribution is -2.44. The molecule has 0 amide bonds. The minimum absolute atomic E-state index is 0.0127. The van der Waals surface area contributed by atoms with E-state index in [4.69, 9.17) is 4.74 Å². The number of carbonyl (C=O) groups excluding carboxylic acids is 1. The molecule has 0 bridgehead atoms. The molecule has 3 aromatic rings. The number of nitrogens with one attached hydrogen (secondary N) is 1. The monoisotopic (exact) mass is 462 g/mol. The molecule has 0 saturated heterocycles. The van der Waals surface area contributed by atoms with E-state index < -0.39 is 17.3 Å². The van der Waals surface area contributed by atoms with Crippen molar-refractivity contribution in [3.63, 3.8) is 0 Å². The molecule has 34 heavy (non-hydrogen) atoms. The van der Waals surface area contributed by atoms with Crippen molar-refractivity contribution in [3.05, 3.63) is 80.6 Å². The van der Waals surface area contributed by atoms with Gasteiger partial charge in [0.05, 0.1) is 13.2 Å². The molecule has 1 atom stereocenters. The summed E-state index contributed by atoms with van der Waals surface area (Å²) in [6, 6.07) is 15.2. The van der Waals surface area contributed by atoms with Crippen molar-refractivity contribution < 1.29 is 9.53 Å². The fourth-order valence-corrected chi connectivity index (χ4v) is 3.46. The van der Waals surface area contributed by atoms with Crippen LogP contribution in [0.15, 0.2) is 58.1 Å². The third kappa shape index (κ3) is 5.81. The number of nitrogens with zero attached hydrogens (tertiary/aromatic N) is 3. The van der Waals surface area contributed by atoms with Crippen molar-refractivity contribution in [1.82, 2.24) is 14.1 Å². The third-order valence-electron chi connectivity index (χ3n) is 6.05. The van der Waals surface area contributed by atoms with Crippen LogP contribution in [0.4, 0.5) is 11.6 Å². The minimum atomic E-state index is -0.690. The lowest BCUT2D eigenvalue weighted by atomic mass is 10.1. The number of Topliss-reactive ketones (excluding diaryl/α,β-unsaturated/α-hetero) is 1. The van der Waals surface area contributed by atoms with Crippen molar-refractivity contribution in [2.45, 2.75) is 46.7 Å². The molecule has 2 aromatic carbocycles. The Morgan fingerprint density at radius 3 is 2.38 bits per heavy atom. The molecule has 1 heterocycles. The largest absolute Gasteiger partial charge is 0.493 e.